The van der Waals surface area contributed by atoms with Gasteiger partial charge in [0.15, 0.2) is 0 Å². The SMILES string of the molecule is Cc1nn(C)c(Cl)c1C(O)CCC(F)(F)F. The van der Waals surface area contributed by atoms with Crippen LogP contribution in [0.4, 0.5) is 13.2 Å². The summed E-state index contributed by atoms with van der Waals surface area (Å²) in [6.07, 6.45) is -6.96. The first-order valence-corrected chi connectivity index (χ1v) is 5.04. The Bertz CT molecular complexity index is 376. The van der Waals surface area contributed by atoms with Crippen molar-refractivity contribution in [2.24, 2.45) is 7.05 Å². The molecule has 1 heterocycles. The van der Waals surface area contributed by atoms with Gasteiger partial charge in [0, 0.05) is 19.0 Å². The fourth-order valence-electron chi connectivity index (χ4n) is 1.47. The molecule has 0 spiro atoms. The highest BCUT2D eigenvalue weighted by Crippen LogP contribution is 2.32. The summed E-state index contributed by atoms with van der Waals surface area (Å²) >= 11 is 5.82. The largest absolute Gasteiger partial charge is 0.389 e. The van der Waals surface area contributed by atoms with Crippen LogP contribution in [0.25, 0.3) is 0 Å². The summed E-state index contributed by atoms with van der Waals surface area (Å²) in [6, 6.07) is 0. The van der Waals surface area contributed by atoms with Gasteiger partial charge in [-0.05, 0) is 13.3 Å². The second kappa shape index (κ2) is 4.63. The first-order chi connectivity index (χ1) is 7.22. The molecule has 7 heteroatoms. The van der Waals surface area contributed by atoms with Crippen molar-refractivity contribution in [3.63, 3.8) is 0 Å². The van der Waals surface area contributed by atoms with E-state index in [0.29, 0.717) is 5.69 Å². The first kappa shape index (κ1) is 13.3. The topological polar surface area (TPSA) is 38.0 Å². The Morgan fingerprint density at radius 2 is 2.06 bits per heavy atom. The fraction of sp³-hybridized carbons (Fsp3) is 0.667. The average molecular weight is 257 g/mol. The number of nitrogens with zero attached hydrogens (tertiary/aromatic N) is 2. The second-order valence-electron chi connectivity index (χ2n) is 3.58. The predicted molar refractivity (Wildman–Crippen MR) is 53.2 cm³/mol. The van der Waals surface area contributed by atoms with E-state index in [2.05, 4.69) is 5.10 Å². The molecule has 1 N–H and O–H groups in total. The highest BCUT2D eigenvalue weighted by Gasteiger charge is 2.29. The van der Waals surface area contributed by atoms with Crippen LogP contribution in [0.15, 0.2) is 0 Å². The maximum atomic E-state index is 12.0. The molecule has 0 bridgehead atoms. The number of hydrogen-bond donors (Lipinski definition) is 1. The molecule has 1 aromatic rings. The summed E-state index contributed by atoms with van der Waals surface area (Å²) in [5.41, 5.74) is 0.718. The molecule has 1 atom stereocenters. The highest BCUT2D eigenvalue weighted by molar-refractivity contribution is 6.30. The molecule has 1 rings (SSSR count). The minimum atomic E-state index is -4.27. The lowest BCUT2D eigenvalue weighted by atomic mass is 10.1. The van der Waals surface area contributed by atoms with Gasteiger partial charge in [-0.3, -0.25) is 4.68 Å². The van der Waals surface area contributed by atoms with Crippen LogP contribution < -0.4 is 0 Å². The Labute approximate surface area is 95.8 Å². The number of halogens is 4. The van der Waals surface area contributed by atoms with Gasteiger partial charge in [0.2, 0.25) is 0 Å². The van der Waals surface area contributed by atoms with Gasteiger partial charge in [0.05, 0.1) is 11.8 Å². The van der Waals surface area contributed by atoms with Gasteiger partial charge in [-0.2, -0.15) is 18.3 Å². The van der Waals surface area contributed by atoms with Gasteiger partial charge in [-0.1, -0.05) is 11.6 Å². The number of aliphatic hydroxyl groups is 1. The monoisotopic (exact) mass is 256 g/mol. The van der Waals surface area contributed by atoms with Crippen LogP contribution in [0.3, 0.4) is 0 Å². The molecule has 1 aromatic heterocycles. The lowest BCUT2D eigenvalue weighted by molar-refractivity contribution is -0.140. The van der Waals surface area contributed by atoms with Crippen LogP contribution in [0.2, 0.25) is 5.15 Å². The Balaban J connectivity index is 2.77. The summed E-state index contributed by atoms with van der Waals surface area (Å²) in [6.45, 7) is 1.60. The van der Waals surface area contributed by atoms with E-state index in [1.807, 2.05) is 0 Å². The van der Waals surface area contributed by atoms with Crippen molar-refractivity contribution in [3.05, 3.63) is 16.4 Å². The number of aryl methyl sites for hydroxylation is 2. The van der Waals surface area contributed by atoms with E-state index in [1.54, 1.807) is 14.0 Å². The van der Waals surface area contributed by atoms with Crippen LogP contribution in [0.1, 0.15) is 30.2 Å². The molecular formula is C9H12ClF3N2O. The number of aromatic nitrogens is 2. The fourth-order valence-corrected chi connectivity index (χ4v) is 1.77. The second-order valence-corrected chi connectivity index (χ2v) is 3.94. The lowest BCUT2D eigenvalue weighted by Crippen LogP contribution is -2.10. The molecule has 0 saturated carbocycles. The number of hydrogen-bond acceptors (Lipinski definition) is 2. The maximum absolute atomic E-state index is 12.0. The maximum Gasteiger partial charge on any atom is 0.389 e. The number of aliphatic hydroxyl groups excluding tert-OH is 1. The predicted octanol–water partition coefficient (Wildman–Crippen LogP) is 2.76. The van der Waals surface area contributed by atoms with E-state index in [0.717, 1.165) is 0 Å². The number of alkyl halides is 3. The minimum absolute atomic E-state index is 0.173. The molecule has 0 fully saturated rings. The molecule has 0 aliphatic carbocycles. The van der Waals surface area contributed by atoms with Gasteiger partial charge in [-0.15, -0.1) is 0 Å². The number of rotatable bonds is 3. The van der Waals surface area contributed by atoms with Crippen LogP contribution >= 0.6 is 11.6 Å². The van der Waals surface area contributed by atoms with Gasteiger partial charge in [0.25, 0.3) is 0 Å². The van der Waals surface area contributed by atoms with Gasteiger partial charge in [0.1, 0.15) is 5.15 Å². The Morgan fingerprint density at radius 1 is 1.50 bits per heavy atom. The Morgan fingerprint density at radius 3 is 2.44 bits per heavy atom. The summed E-state index contributed by atoms with van der Waals surface area (Å²) in [7, 11) is 1.56. The summed E-state index contributed by atoms with van der Waals surface area (Å²) in [5, 5.41) is 13.7. The van der Waals surface area contributed by atoms with Crippen molar-refractivity contribution < 1.29 is 18.3 Å². The van der Waals surface area contributed by atoms with E-state index in [9.17, 15) is 18.3 Å². The summed E-state index contributed by atoms with van der Waals surface area (Å²) in [4.78, 5) is 0. The normalized spacial score (nSPS) is 14.2. The molecule has 92 valence electrons. The zero-order chi connectivity index (χ0) is 12.5. The van der Waals surface area contributed by atoms with Crippen molar-refractivity contribution in [3.8, 4) is 0 Å². The Kier molecular flexibility index (Phi) is 3.85. The van der Waals surface area contributed by atoms with E-state index in [1.165, 1.54) is 4.68 Å². The van der Waals surface area contributed by atoms with Crippen LogP contribution in [-0.4, -0.2) is 21.1 Å². The third kappa shape index (κ3) is 3.12. The molecule has 0 aromatic carbocycles. The highest BCUT2D eigenvalue weighted by atomic mass is 35.5. The molecule has 0 amide bonds. The lowest BCUT2D eigenvalue weighted by Gasteiger charge is -2.12. The third-order valence-corrected chi connectivity index (χ3v) is 2.68. The Hall–Kier alpha value is -0.750. The van der Waals surface area contributed by atoms with Crippen molar-refractivity contribution >= 4 is 11.6 Å². The smallest absolute Gasteiger partial charge is 0.388 e. The molecule has 0 saturated heterocycles. The standard InChI is InChI=1S/C9H12ClF3N2O/c1-5-7(8(10)15(2)14-5)6(16)3-4-9(11,12)13/h6,16H,3-4H2,1-2H3. The van der Waals surface area contributed by atoms with Gasteiger partial charge >= 0.3 is 6.18 Å². The molecule has 16 heavy (non-hydrogen) atoms. The molecule has 1 unspecified atom stereocenters. The van der Waals surface area contributed by atoms with Crippen molar-refractivity contribution in [1.82, 2.24) is 9.78 Å². The van der Waals surface area contributed by atoms with E-state index in [-0.39, 0.29) is 10.7 Å². The molecule has 0 aliphatic rings. The van der Waals surface area contributed by atoms with Crippen LogP contribution in [0, 0.1) is 6.92 Å². The van der Waals surface area contributed by atoms with E-state index < -0.39 is 25.1 Å². The van der Waals surface area contributed by atoms with Gasteiger partial charge < -0.3 is 5.11 Å². The summed E-state index contributed by atoms with van der Waals surface area (Å²) in [5.74, 6) is 0. The summed E-state index contributed by atoms with van der Waals surface area (Å²) < 4.78 is 37.2. The van der Waals surface area contributed by atoms with Gasteiger partial charge in [-0.25, -0.2) is 0 Å². The molecule has 0 aliphatic heterocycles. The average Bonchev–Trinajstić information content (AvgIpc) is 2.36. The minimum Gasteiger partial charge on any atom is -0.388 e. The zero-order valence-electron chi connectivity index (χ0n) is 8.85. The van der Waals surface area contributed by atoms with Crippen molar-refractivity contribution in [2.75, 3.05) is 0 Å². The van der Waals surface area contributed by atoms with Crippen LogP contribution in [0.5, 0.6) is 0 Å². The third-order valence-electron chi connectivity index (χ3n) is 2.23. The van der Waals surface area contributed by atoms with E-state index >= 15 is 0 Å². The first-order valence-electron chi connectivity index (χ1n) is 4.66. The van der Waals surface area contributed by atoms with Crippen molar-refractivity contribution in [1.29, 1.82) is 0 Å². The quantitative estimate of drug-likeness (QED) is 0.903. The van der Waals surface area contributed by atoms with Crippen LogP contribution in [-0.2, 0) is 7.05 Å². The molecule has 0 radical (unpaired) electrons. The zero-order valence-corrected chi connectivity index (χ0v) is 9.60. The van der Waals surface area contributed by atoms with Crippen molar-refractivity contribution in [2.45, 2.75) is 32.0 Å². The van der Waals surface area contributed by atoms with E-state index in [4.69, 9.17) is 11.6 Å². The molecule has 3 nitrogen and oxygen atoms in total. The molecular weight excluding hydrogens is 245 g/mol.